The summed E-state index contributed by atoms with van der Waals surface area (Å²) in [5.74, 6) is 0.887. The fourth-order valence-electron chi connectivity index (χ4n) is 4.12. The third kappa shape index (κ3) is 5.34. The lowest BCUT2D eigenvalue weighted by atomic mass is 9.90. The zero-order valence-electron chi connectivity index (χ0n) is 16.7. The van der Waals surface area contributed by atoms with Crippen molar-refractivity contribution >= 4 is 17.2 Å². The minimum absolute atomic E-state index is 0.0655. The SMILES string of the molecule is O=C(CN[C@H](c1ccccc1)c1cccs1)N1CCC(Cc2ccccc2)CC1. The highest BCUT2D eigenvalue weighted by Crippen LogP contribution is 2.26. The second-order valence-electron chi connectivity index (χ2n) is 7.75. The van der Waals surface area contributed by atoms with E-state index in [9.17, 15) is 4.79 Å². The smallest absolute Gasteiger partial charge is 0.236 e. The van der Waals surface area contributed by atoms with Crippen LogP contribution >= 0.6 is 11.3 Å². The monoisotopic (exact) mass is 404 g/mol. The highest BCUT2D eigenvalue weighted by atomic mass is 32.1. The first-order valence-electron chi connectivity index (χ1n) is 10.4. The van der Waals surface area contributed by atoms with E-state index in [1.807, 2.05) is 11.0 Å². The maximum absolute atomic E-state index is 12.8. The van der Waals surface area contributed by atoms with Crippen molar-refractivity contribution in [2.24, 2.45) is 5.92 Å². The lowest BCUT2D eigenvalue weighted by Gasteiger charge is -2.32. The first kappa shape index (κ1) is 19.9. The van der Waals surface area contributed by atoms with E-state index in [1.165, 1.54) is 16.0 Å². The Morgan fingerprint density at radius 1 is 0.966 bits per heavy atom. The largest absolute Gasteiger partial charge is 0.342 e. The number of thiophene rings is 1. The van der Waals surface area contributed by atoms with Gasteiger partial charge in [0, 0.05) is 18.0 Å². The van der Waals surface area contributed by atoms with Gasteiger partial charge in [0.2, 0.25) is 5.91 Å². The van der Waals surface area contributed by atoms with Gasteiger partial charge in [-0.15, -0.1) is 11.3 Å². The van der Waals surface area contributed by atoms with E-state index in [4.69, 9.17) is 0 Å². The molecule has 0 bridgehead atoms. The molecule has 150 valence electrons. The normalized spacial score (nSPS) is 15.9. The van der Waals surface area contributed by atoms with Gasteiger partial charge in [-0.25, -0.2) is 0 Å². The Kier molecular flexibility index (Phi) is 6.75. The van der Waals surface area contributed by atoms with Crippen LogP contribution in [-0.4, -0.2) is 30.4 Å². The molecule has 0 unspecified atom stereocenters. The van der Waals surface area contributed by atoms with Crippen LogP contribution in [0.25, 0.3) is 0 Å². The maximum Gasteiger partial charge on any atom is 0.236 e. The molecule has 29 heavy (non-hydrogen) atoms. The van der Waals surface area contributed by atoms with Crippen molar-refractivity contribution in [3.05, 3.63) is 94.2 Å². The number of amides is 1. The third-order valence-corrected chi connectivity index (χ3v) is 6.69. The van der Waals surface area contributed by atoms with Crippen LogP contribution in [0.2, 0.25) is 0 Å². The predicted molar refractivity (Wildman–Crippen MR) is 120 cm³/mol. The summed E-state index contributed by atoms with van der Waals surface area (Å²) in [5.41, 5.74) is 2.60. The van der Waals surface area contributed by atoms with Crippen LogP contribution in [0.15, 0.2) is 78.2 Å². The van der Waals surface area contributed by atoms with Gasteiger partial charge in [0.25, 0.3) is 0 Å². The Morgan fingerprint density at radius 2 is 1.66 bits per heavy atom. The van der Waals surface area contributed by atoms with Crippen molar-refractivity contribution in [2.75, 3.05) is 19.6 Å². The standard InChI is InChI=1S/C25H28N2OS/c28-24(27-15-13-21(14-16-27)18-20-8-3-1-4-9-20)19-26-25(23-12-7-17-29-23)22-10-5-2-6-11-22/h1-12,17,21,25-26H,13-16,18-19H2/t25-/m1/s1. The average molecular weight is 405 g/mol. The Hall–Kier alpha value is -2.43. The van der Waals surface area contributed by atoms with Gasteiger partial charge < -0.3 is 4.90 Å². The second-order valence-corrected chi connectivity index (χ2v) is 8.73. The van der Waals surface area contributed by atoms with Gasteiger partial charge >= 0.3 is 0 Å². The van der Waals surface area contributed by atoms with E-state index < -0.39 is 0 Å². The quantitative estimate of drug-likeness (QED) is 0.607. The van der Waals surface area contributed by atoms with Crippen LogP contribution in [0.5, 0.6) is 0 Å². The lowest BCUT2D eigenvalue weighted by molar-refractivity contribution is -0.131. The summed E-state index contributed by atoms with van der Waals surface area (Å²) in [6.45, 7) is 2.11. The summed E-state index contributed by atoms with van der Waals surface area (Å²) in [6, 6.07) is 25.3. The van der Waals surface area contributed by atoms with E-state index >= 15 is 0 Å². The molecule has 1 aliphatic rings. The molecule has 2 heterocycles. The highest BCUT2D eigenvalue weighted by molar-refractivity contribution is 7.10. The van der Waals surface area contributed by atoms with Crippen LogP contribution in [0.4, 0.5) is 0 Å². The summed E-state index contributed by atoms with van der Waals surface area (Å²) in [7, 11) is 0. The second kappa shape index (κ2) is 9.86. The van der Waals surface area contributed by atoms with E-state index in [-0.39, 0.29) is 11.9 Å². The minimum Gasteiger partial charge on any atom is -0.342 e. The summed E-state index contributed by atoms with van der Waals surface area (Å²) in [5, 5.41) is 5.60. The van der Waals surface area contributed by atoms with Gasteiger partial charge in [-0.2, -0.15) is 0 Å². The molecule has 1 saturated heterocycles. The van der Waals surface area contributed by atoms with Crippen molar-refractivity contribution in [1.82, 2.24) is 10.2 Å². The molecule has 1 N–H and O–H groups in total. The molecule has 1 aromatic heterocycles. The molecule has 0 spiro atoms. The zero-order chi connectivity index (χ0) is 19.9. The topological polar surface area (TPSA) is 32.3 Å². The van der Waals surface area contributed by atoms with Crippen LogP contribution < -0.4 is 5.32 Å². The Bertz CT molecular complexity index is 872. The van der Waals surface area contributed by atoms with Crippen LogP contribution in [-0.2, 0) is 11.2 Å². The van der Waals surface area contributed by atoms with Gasteiger partial charge in [-0.3, -0.25) is 10.1 Å². The molecule has 1 atom stereocenters. The number of nitrogens with zero attached hydrogens (tertiary/aromatic N) is 1. The molecule has 3 aromatic rings. The molecule has 1 fully saturated rings. The third-order valence-electron chi connectivity index (χ3n) is 5.75. The Balaban J connectivity index is 1.30. The summed E-state index contributed by atoms with van der Waals surface area (Å²) < 4.78 is 0. The fourth-order valence-corrected chi connectivity index (χ4v) is 4.95. The first-order valence-corrected chi connectivity index (χ1v) is 11.3. The molecule has 2 aromatic carbocycles. The number of piperidine rings is 1. The van der Waals surface area contributed by atoms with Crippen molar-refractivity contribution in [3.8, 4) is 0 Å². The number of carbonyl (C=O) groups excluding carboxylic acids is 1. The van der Waals surface area contributed by atoms with Crippen LogP contribution in [0.3, 0.4) is 0 Å². The van der Waals surface area contributed by atoms with Crippen molar-refractivity contribution in [2.45, 2.75) is 25.3 Å². The molecule has 0 radical (unpaired) electrons. The van der Waals surface area contributed by atoms with Crippen molar-refractivity contribution in [1.29, 1.82) is 0 Å². The molecule has 1 aliphatic heterocycles. The molecule has 3 nitrogen and oxygen atoms in total. The maximum atomic E-state index is 12.8. The number of hydrogen-bond donors (Lipinski definition) is 1. The van der Waals surface area contributed by atoms with Gasteiger partial charge in [0.1, 0.15) is 0 Å². The number of rotatable bonds is 7. The number of nitrogens with one attached hydrogen (secondary N) is 1. The molecule has 1 amide bonds. The van der Waals surface area contributed by atoms with Crippen LogP contribution in [0, 0.1) is 5.92 Å². The lowest BCUT2D eigenvalue weighted by Crippen LogP contribution is -2.43. The minimum atomic E-state index is 0.0655. The number of likely N-dealkylation sites (tertiary alicyclic amines) is 1. The van der Waals surface area contributed by atoms with Gasteiger partial charge in [-0.05, 0) is 47.8 Å². The van der Waals surface area contributed by atoms with Crippen molar-refractivity contribution in [3.63, 3.8) is 0 Å². The number of hydrogen-bond acceptors (Lipinski definition) is 3. The zero-order valence-corrected chi connectivity index (χ0v) is 17.5. The molecule has 0 aliphatic carbocycles. The molecular weight excluding hydrogens is 376 g/mol. The van der Waals surface area contributed by atoms with E-state index in [2.05, 4.69) is 77.4 Å². The summed E-state index contributed by atoms with van der Waals surface area (Å²) >= 11 is 1.73. The average Bonchev–Trinajstić information content (AvgIpc) is 3.30. The Morgan fingerprint density at radius 3 is 2.31 bits per heavy atom. The number of benzene rings is 2. The van der Waals surface area contributed by atoms with E-state index in [0.29, 0.717) is 12.5 Å². The highest BCUT2D eigenvalue weighted by Gasteiger charge is 2.24. The molecular formula is C25H28N2OS. The van der Waals surface area contributed by atoms with E-state index in [1.54, 1.807) is 11.3 Å². The summed E-state index contributed by atoms with van der Waals surface area (Å²) in [4.78, 5) is 16.1. The van der Waals surface area contributed by atoms with E-state index in [0.717, 1.165) is 32.4 Å². The predicted octanol–water partition coefficient (Wildman–Crippen LogP) is 4.91. The number of carbonyl (C=O) groups is 1. The molecule has 4 rings (SSSR count). The fraction of sp³-hybridized carbons (Fsp3) is 0.320. The van der Waals surface area contributed by atoms with Crippen molar-refractivity contribution < 1.29 is 4.79 Å². The van der Waals surface area contributed by atoms with Gasteiger partial charge in [0.15, 0.2) is 0 Å². The first-order chi connectivity index (χ1) is 14.3. The summed E-state index contributed by atoms with van der Waals surface area (Å²) in [6.07, 6.45) is 3.30. The molecule has 4 heteroatoms. The van der Waals surface area contributed by atoms with Gasteiger partial charge in [-0.1, -0.05) is 66.7 Å². The van der Waals surface area contributed by atoms with Gasteiger partial charge in [0.05, 0.1) is 12.6 Å². The van der Waals surface area contributed by atoms with Crippen LogP contribution in [0.1, 0.15) is 34.9 Å². The Labute approximate surface area is 177 Å². The molecule has 0 saturated carbocycles.